The molecule has 1 fully saturated rings. The second-order valence-electron chi connectivity index (χ2n) is 4.05. The van der Waals surface area contributed by atoms with E-state index in [0.717, 1.165) is 10.0 Å². The molecule has 19 heavy (non-hydrogen) atoms. The average Bonchev–Trinajstić information content (AvgIpc) is 2.36. The van der Waals surface area contributed by atoms with E-state index in [2.05, 4.69) is 21.2 Å². The van der Waals surface area contributed by atoms with Gasteiger partial charge in [-0.3, -0.25) is 19.7 Å². The number of carbonyl (C=O) groups is 3. The Labute approximate surface area is 118 Å². The van der Waals surface area contributed by atoms with E-state index in [9.17, 15) is 14.4 Å². The van der Waals surface area contributed by atoms with E-state index in [4.69, 9.17) is 0 Å². The monoisotopic (exact) mass is 322 g/mol. The number of benzene rings is 1. The van der Waals surface area contributed by atoms with Crippen molar-refractivity contribution in [3.05, 3.63) is 40.4 Å². The molecule has 1 aliphatic heterocycles. The molecule has 6 heteroatoms. The van der Waals surface area contributed by atoms with Crippen molar-refractivity contribution in [2.75, 3.05) is 13.1 Å². The van der Waals surface area contributed by atoms with Crippen LogP contribution >= 0.6 is 15.9 Å². The van der Waals surface area contributed by atoms with Gasteiger partial charge in [0, 0.05) is 10.5 Å². The number of hydrogen-bond donors (Lipinski definition) is 1. The largest absolute Gasteiger partial charge is 0.321 e. The summed E-state index contributed by atoms with van der Waals surface area (Å²) in [4.78, 5) is 35.3. The van der Waals surface area contributed by atoms with E-state index >= 15 is 0 Å². The van der Waals surface area contributed by atoms with Gasteiger partial charge in [0.15, 0.2) is 0 Å². The quantitative estimate of drug-likeness (QED) is 0.651. The standard InChI is InChI=1S/C13H11BrN2O3/c14-10-4-1-9(2-5-10)3-6-13(19)16-7-11(17)15-12(18)8-16/h1-6H,7-8H2,(H,15,17,18). The molecular weight excluding hydrogens is 312 g/mol. The summed E-state index contributed by atoms with van der Waals surface area (Å²) in [6, 6.07) is 7.42. The van der Waals surface area contributed by atoms with Crippen molar-refractivity contribution in [1.29, 1.82) is 0 Å². The first-order chi connectivity index (χ1) is 9.04. The summed E-state index contributed by atoms with van der Waals surface area (Å²) in [5, 5.41) is 2.14. The minimum Gasteiger partial charge on any atom is -0.321 e. The van der Waals surface area contributed by atoms with E-state index in [0.29, 0.717) is 0 Å². The van der Waals surface area contributed by atoms with Crippen LogP contribution in [0, 0.1) is 0 Å². The van der Waals surface area contributed by atoms with Crippen LogP contribution in [0.3, 0.4) is 0 Å². The van der Waals surface area contributed by atoms with Crippen LogP contribution in [0.5, 0.6) is 0 Å². The minimum absolute atomic E-state index is 0.0880. The van der Waals surface area contributed by atoms with E-state index < -0.39 is 11.8 Å². The van der Waals surface area contributed by atoms with E-state index in [1.54, 1.807) is 6.08 Å². The Kier molecular flexibility index (Phi) is 4.11. The second kappa shape index (κ2) is 5.79. The Morgan fingerprint density at radius 1 is 1.16 bits per heavy atom. The van der Waals surface area contributed by atoms with Gasteiger partial charge >= 0.3 is 0 Å². The summed E-state index contributed by atoms with van der Waals surface area (Å²) in [6.45, 7) is -0.176. The van der Waals surface area contributed by atoms with Crippen LogP contribution in [-0.4, -0.2) is 35.7 Å². The van der Waals surface area contributed by atoms with Crippen molar-refractivity contribution in [2.45, 2.75) is 0 Å². The van der Waals surface area contributed by atoms with Gasteiger partial charge in [0.1, 0.15) is 13.1 Å². The highest BCUT2D eigenvalue weighted by molar-refractivity contribution is 9.10. The van der Waals surface area contributed by atoms with Gasteiger partial charge in [0.25, 0.3) is 0 Å². The number of imide groups is 1. The molecule has 0 aromatic heterocycles. The predicted molar refractivity (Wildman–Crippen MR) is 72.9 cm³/mol. The fourth-order valence-electron chi connectivity index (χ4n) is 1.64. The molecule has 1 aromatic carbocycles. The van der Waals surface area contributed by atoms with Crippen molar-refractivity contribution in [2.24, 2.45) is 0 Å². The Morgan fingerprint density at radius 2 is 1.74 bits per heavy atom. The Bertz CT molecular complexity index is 536. The molecule has 0 atom stereocenters. The lowest BCUT2D eigenvalue weighted by atomic mass is 10.2. The summed E-state index contributed by atoms with van der Waals surface area (Å²) >= 11 is 3.32. The number of nitrogens with zero attached hydrogens (tertiary/aromatic N) is 1. The van der Waals surface area contributed by atoms with Gasteiger partial charge in [0.05, 0.1) is 0 Å². The minimum atomic E-state index is -0.457. The summed E-state index contributed by atoms with van der Waals surface area (Å²) < 4.78 is 0.953. The molecule has 1 saturated heterocycles. The molecule has 0 radical (unpaired) electrons. The molecule has 0 bridgehead atoms. The van der Waals surface area contributed by atoms with Crippen LogP contribution in [0.15, 0.2) is 34.8 Å². The van der Waals surface area contributed by atoms with Crippen molar-refractivity contribution in [3.63, 3.8) is 0 Å². The number of rotatable bonds is 2. The average molecular weight is 323 g/mol. The lowest BCUT2D eigenvalue weighted by Crippen LogP contribution is -2.52. The van der Waals surface area contributed by atoms with E-state index in [1.165, 1.54) is 11.0 Å². The van der Waals surface area contributed by atoms with Gasteiger partial charge in [-0.2, -0.15) is 0 Å². The predicted octanol–water partition coefficient (Wildman–Crippen LogP) is 0.947. The third-order valence-corrected chi connectivity index (χ3v) is 3.08. The maximum atomic E-state index is 11.8. The Morgan fingerprint density at radius 3 is 2.32 bits per heavy atom. The van der Waals surface area contributed by atoms with E-state index in [-0.39, 0.29) is 19.0 Å². The number of hydrogen-bond acceptors (Lipinski definition) is 3. The molecule has 1 N–H and O–H groups in total. The zero-order chi connectivity index (χ0) is 13.8. The first kappa shape index (κ1) is 13.5. The fourth-order valence-corrected chi connectivity index (χ4v) is 1.90. The zero-order valence-electron chi connectivity index (χ0n) is 9.93. The molecule has 0 unspecified atom stereocenters. The topological polar surface area (TPSA) is 66.5 Å². The zero-order valence-corrected chi connectivity index (χ0v) is 11.5. The molecule has 1 heterocycles. The van der Waals surface area contributed by atoms with Crippen molar-refractivity contribution >= 4 is 39.7 Å². The first-order valence-electron chi connectivity index (χ1n) is 5.60. The number of carbonyl (C=O) groups excluding carboxylic acids is 3. The van der Waals surface area contributed by atoms with Gasteiger partial charge < -0.3 is 4.90 Å². The maximum absolute atomic E-state index is 11.8. The van der Waals surface area contributed by atoms with Crippen molar-refractivity contribution in [3.8, 4) is 0 Å². The lowest BCUT2D eigenvalue weighted by Gasteiger charge is -2.24. The van der Waals surface area contributed by atoms with Crippen molar-refractivity contribution < 1.29 is 14.4 Å². The highest BCUT2D eigenvalue weighted by Gasteiger charge is 2.24. The summed E-state index contributed by atoms with van der Waals surface area (Å²) in [5.74, 6) is -1.27. The molecule has 0 saturated carbocycles. The van der Waals surface area contributed by atoms with Gasteiger partial charge in [-0.15, -0.1) is 0 Å². The molecule has 2 rings (SSSR count). The van der Waals surface area contributed by atoms with Crippen molar-refractivity contribution in [1.82, 2.24) is 10.2 Å². The smallest absolute Gasteiger partial charge is 0.247 e. The number of amides is 3. The maximum Gasteiger partial charge on any atom is 0.247 e. The molecule has 0 spiro atoms. The summed E-state index contributed by atoms with van der Waals surface area (Å²) in [7, 11) is 0. The van der Waals surface area contributed by atoms with Gasteiger partial charge in [-0.25, -0.2) is 0 Å². The second-order valence-corrected chi connectivity index (χ2v) is 4.97. The van der Waals surface area contributed by atoms with Crippen LogP contribution in [-0.2, 0) is 14.4 Å². The Hall–Kier alpha value is -1.95. The lowest BCUT2D eigenvalue weighted by molar-refractivity contribution is -0.143. The highest BCUT2D eigenvalue weighted by atomic mass is 79.9. The van der Waals surface area contributed by atoms with Gasteiger partial charge in [-0.05, 0) is 23.8 Å². The van der Waals surface area contributed by atoms with E-state index in [1.807, 2.05) is 24.3 Å². The third kappa shape index (κ3) is 3.75. The van der Waals surface area contributed by atoms with Crippen LogP contribution in [0.1, 0.15) is 5.56 Å². The number of halogens is 1. The normalized spacial score (nSPS) is 15.7. The fraction of sp³-hybridized carbons (Fsp3) is 0.154. The molecular formula is C13H11BrN2O3. The number of nitrogens with one attached hydrogen (secondary N) is 1. The molecule has 5 nitrogen and oxygen atoms in total. The first-order valence-corrected chi connectivity index (χ1v) is 6.39. The third-order valence-electron chi connectivity index (χ3n) is 2.55. The SMILES string of the molecule is O=C1CN(C(=O)C=Cc2ccc(Br)cc2)CC(=O)N1. The molecule has 0 aliphatic carbocycles. The number of piperazine rings is 1. The van der Waals surface area contributed by atoms with Crippen LogP contribution in [0.4, 0.5) is 0 Å². The Balaban J connectivity index is 2.02. The summed E-state index contributed by atoms with van der Waals surface area (Å²) in [5.41, 5.74) is 0.865. The molecule has 98 valence electrons. The van der Waals surface area contributed by atoms with Crippen LogP contribution < -0.4 is 5.32 Å². The van der Waals surface area contributed by atoms with Crippen LogP contribution in [0.25, 0.3) is 6.08 Å². The highest BCUT2D eigenvalue weighted by Crippen LogP contribution is 2.11. The molecule has 1 aliphatic rings. The van der Waals surface area contributed by atoms with Gasteiger partial charge in [0.2, 0.25) is 17.7 Å². The molecule has 1 aromatic rings. The molecule has 3 amide bonds. The van der Waals surface area contributed by atoms with Crippen LogP contribution in [0.2, 0.25) is 0 Å². The van der Waals surface area contributed by atoms with Gasteiger partial charge in [-0.1, -0.05) is 28.1 Å². The summed E-state index contributed by atoms with van der Waals surface area (Å²) in [6.07, 6.45) is 3.00.